The number of aromatic amines is 1. The van der Waals surface area contributed by atoms with E-state index in [0.29, 0.717) is 6.42 Å². The van der Waals surface area contributed by atoms with Crippen LogP contribution in [0.15, 0.2) is 24.4 Å². The molecule has 112 valence electrons. The third kappa shape index (κ3) is 2.26. The summed E-state index contributed by atoms with van der Waals surface area (Å²) in [5.74, 6) is -1.56. The molecular weight excluding hydrogens is 272 g/mol. The van der Waals surface area contributed by atoms with Crippen molar-refractivity contribution >= 4 is 16.9 Å². The van der Waals surface area contributed by atoms with Crippen molar-refractivity contribution < 1.29 is 20.1 Å². The second kappa shape index (κ2) is 5.05. The van der Waals surface area contributed by atoms with Gasteiger partial charge in [-0.1, -0.05) is 6.07 Å². The van der Waals surface area contributed by atoms with Gasteiger partial charge in [0.1, 0.15) is 5.75 Å². The quantitative estimate of drug-likeness (QED) is 0.669. The second-order valence-corrected chi connectivity index (χ2v) is 5.65. The zero-order valence-electron chi connectivity index (χ0n) is 11.7. The number of carboxylic acid groups (broad SMARTS) is 1. The first-order valence-corrected chi connectivity index (χ1v) is 6.89. The van der Waals surface area contributed by atoms with Gasteiger partial charge in [-0.2, -0.15) is 0 Å². The van der Waals surface area contributed by atoms with E-state index in [-0.39, 0.29) is 18.3 Å². The van der Waals surface area contributed by atoms with Crippen molar-refractivity contribution in [1.29, 1.82) is 0 Å². The molecule has 1 aromatic heterocycles. The van der Waals surface area contributed by atoms with Crippen LogP contribution in [0.2, 0.25) is 0 Å². The molecule has 0 radical (unpaired) electrons. The molecule has 4 N–H and O–H groups in total. The summed E-state index contributed by atoms with van der Waals surface area (Å²) in [5, 5.41) is 30.0. The highest BCUT2D eigenvalue weighted by Gasteiger charge is 2.38. The normalized spacial score (nSPS) is 27.0. The van der Waals surface area contributed by atoms with Crippen LogP contribution < -0.4 is 0 Å². The summed E-state index contributed by atoms with van der Waals surface area (Å²) >= 11 is 0. The van der Waals surface area contributed by atoms with Gasteiger partial charge in [-0.15, -0.1) is 0 Å². The van der Waals surface area contributed by atoms with E-state index in [4.69, 9.17) is 5.11 Å². The highest BCUT2D eigenvalue weighted by Crippen LogP contribution is 2.39. The Morgan fingerprint density at radius 1 is 1.43 bits per heavy atom. The second-order valence-electron chi connectivity index (χ2n) is 5.65. The Labute approximate surface area is 121 Å². The zero-order chi connectivity index (χ0) is 15.1. The van der Waals surface area contributed by atoms with E-state index >= 15 is 0 Å². The number of carbonyl (C=O) groups is 1. The number of aliphatic carboxylic acids is 1. The number of fused-ring (bicyclic) bond motifs is 1. The first kappa shape index (κ1) is 13.9. The average molecular weight is 290 g/mol. The summed E-state index contributed by atoms with van der Waals surface area (Å²) in [4.78, 5) is 16.2. The van der Waals surface area contributed by atoms with Gasteiger partial charge in [-0.05, 0) is 31.2 Å². The van der Waals surface area contributed by atoms with E-state index < -0.39 is 18.0 Å². The highest BCUT2D eigenvalue weighted by atomic mass is 16.4. The van der Waals surface area contributed by atoms with Crippen LogP contribution in [-0.2, 0) is 4.79 Å². The summed E-state index contributed by atoms with van der Waals surface area (Å²) in [6.45, 7) is 0.279. The van der Waals surface area contributed by atoms with Gasteiger partial charge in [0.2, 0.25) is 0 Å². The third-order valence-electron chi connectivity index (χ3n) is 4.34. The van der Waals surface area contributed by atoms with E-state index in [1.54, 1.807) is 12.1 Å². The molecule has 3 unspecified atom stereocenters. The Bertz CT molecular complexity index is 681. The monoisotopic (exact) mass is 290 g/mol. The number of H-pyrrole nitrogens is 1. The van der Waals surface area contributed by atoms with Gasteiger partial charge in [0, 0.05) is 29.7 Å². The number of aromatic hydroxyl groups is 1. The maximum Gasteiger partial charge on any atom is 0.310 e. The zero-order valence-corrected chi connectivity index (χ0v) is 11.7. The number of aromatic nitrogens is 1. The van der Waals surface area contributed by atoms with Crippen LogP contribution in [0, 0.1) is 5.92 Å². The summed E-state index contributed by atoms with van der Waals surface area (Å²) in [6.07, 6.45) is 1.26. The fraction of sp³-hybridized carbons (Fsp3) is 0.400. The van der Waals surface area contributed by atoms with Crippen molar-refractivity contribution in [2.75, 3.05) is 13.6 Å². The predicted molar refractivity (Wildman–Crippen MR) is 77.1 cm³/mol. The van der Waals surface area contributed by atoms with Crippen molar-refractivity contribution in [2.45, 2.75) is 18.6 Å². The maximum absolute atomic E-state index is 11.1. The lowest BCUT2D eigenvalue weighted by Crippen LogP contribution is -2.46. The van der Waals surface area contributed by atoms with E-state index in [1.165, 1.54) is 0 Å². The molecule has 1 aromatic carbocycles. The summed E-state index contributed by atoms with van der Waals surface area (Å²) in [5.41, 5.74) is 1.71. The number of hydrogen-bond donors (Lipinski definition) is 4. The SMILES string of the molecule is CN1CC(C(=O)O)C(O)CC1c1c[nH]c2cccc(O)c12. The first-order valence-electron chi connectivity index (χ1n) is 6.89. The lowest BCUT2D eigenvalue weighted by molar-refractivity contribution is -0.150. The molecule has 2 aromatic rings. The minimum absolute atomic E-state index is 0.127. The Kier molecular flexibility index (Phi) is 3.35. The molecule has 1 fully saturated rings. The number of rotatable bonds is 2. The van der Waals surface area contributed by atoms with E-state index in [0.717, 1.165) is 16.5 Å². The predicted octanol–water partition coefficient (Wildman–Crippen LogP) is 1.31. The lowest BCUT2D eigenvalue weighted by atomic mass is 9.87. The topological polar surface area (TPSA) is 96.8 Å². The number of hydrogen-bond acceptors (Lipinski definition) is 4. The van der Waals surface area contributed by atoms with Gasteiger partial charge >= 0.3 is 5.97 Å². The Morgan fingerprint density at radius 3 is 2.90 bits per heavy atom. The molecule has 0 saturated carbocycles. The number of likely N-dealkylation sites (tertiary alicyclic amines) is 1. The number of nitrogens with zero attached hydrogens (tertiary/aromatic N) is 1. The number of nitrogens with one attached hydrogen (secondary N) is 1. The molecule has 3 rings (SSSR count). The van der Waals surface area contributed by atoms with Gasteiger partial charge in [0.25, 0.3) is 0 Å². The Morgan fingerprint density at radius 2 is 2.19 bits per heavy atom. The Balaban J connectivity index is 1.98. The van der Waals surface area contributed by atoms with Gasteiger partial charge < -0.3 is 20.3 Å². The summed E-state index contributed by atoms with van der Waals surface area (Å²) < 4.78 is 0. The van der Waals surface area contributed by atoms with Crippen molar-refractivity contribution in [3.8, 4) is 5.75 Å². The van der Waals surface area contributed by atoms with Crippen LogP contribution in [-0.4, -0.2) is 50.9 Å². The highest BCUT2D eigenvalue weighted by molar-refractivity contribution is 5.89. The third-order valence-corrected chi connectivity index (χ3v) is 4.34. The number of phenolic OH excluding ortho intramolecular Hbond substituents is 1. The number of aliphatic hydroxyl groups is 1. The smallest absolute Gasteiger partial charge is 0.310 e. The molecular formula is C15H18N2O4. The fourth-order valence-electron chi connectivity index (χ4n) is 3.19. The number of benzene rings is 1. The van der Waals surface area contributed by atoms with Gasteiger partial charge in [-0.25, -0.2) is 0 Å². The van der Waals surface area contributed by atoms with Crippen LogP contribution in [0.5, 0.6) is 5.75 Å². The molecule has 1 saturated heterocycles. The minimum Gasteiger partial charge on any atom is -0.507 e. The average Bonchev–Trinajstić information content (AvgIpc) is 2.86. The molecule has 2 heterocycles. The van der Waals surface area contributed by atoms with Crippen molar-refractivity contribution in [3.63, 3.8) is 0 Å². The Hall–Kier alpha value is -2.05. The largest absolute Gasteiger partial charge is 0.507 e. The maximum atomic E-state index is 11.1. The molecule has 3 atom stereocenters. The van der Waals surface area contributed by atoms with Gasteiger partial charge in [-0.3, -0.25) is 9.69 Å². The molecule has 0 amide bonds. The van der Waals surface area contributed by atoms with Crippen LogP contribution in [0.25, 0.3) is 10.9 Å². The van der Waals surface area contributed by atoms with E-state index in [1.807, 2.05) is 24.2 Å². The molecule has 0 spiro atoms. The van der Waals surface area contributed by atoms with Gasteiger partial charge in [0.15, 0.2) is 0 Å². The number of carboxylic acids is 1. The molecule has 1 aliphatic rings. The molecule has 0 aliphatic carbocycles. The van der Waals surface area contributed by atoms with Crippen molar-refractivity contribution in [2.24, 2.45) is 5.92 Å². The summed E-state index contributed by atoms with van der Waals surface area (Å²) in [7, 11) is 1.84. The van der Waals surface area contributed by atoms with Crippen LogP contribution >= 0.6 is 0 Å². The molecule has 6 heteroatoms. The van der Waals surface area contributed by atoms with E-state index in [9.17, 15) is 15.0 Å². The number of aliphatic hydroxyl groups excluding tert-OH is 1. The lowest BCUT2D eigenvalue weighted by Gasteiger charge is -2.38. The van der Waals surface area contributed by atoms with Crippen LogP contribution in [0.1, 0.15) is 18.0 Å². The number of phenols is 1. The molecule has 1 aliphatic heterocycles. The van der Waals surface area contributed by atoms with Gasteiger partial charge in [0.05, 0.1) is 12.0 Å². The van der Waals surface area contributed by atoms with E-state index in [2.05, 4.69) is 4.98 Å². The van der Waals surface area contributed by atoms with Crippen LogP contribution in [0.4, 0.5) is 0 Å². The molecule has 6 nitrogen and oxygen atoms in total. The summed E-state index contributed by atoms with van der Waals surface area (Å²) in [6, 6.07) is 5.13. The van der Waals surface area contributed by atoms with Crippen molar-refractivity contribution in [3.05, 3.63) is 30.0 Å². The molecule has 0 bridgehead atoms. The minimum atomic E-state index is -0.977. The fourth-order valence-corrected chi connectivity index (χ4v) is 3.19. The first-order chi connectivity index (χ1) is 9.99. The van der Waals surface area contributed by atoms with Crippen molar-refractivity contribution in [1.82, 2.24) is 9.88 Å². The van der Waals surface area contributed by atoms with Crippen LogP contribution in [0.3, 0.4) is 0 Å². The number of piperidine rings is 1. The standard InChI is InChI=1S/C15H18N2O4/c1-17-7-9(15(20)21)13(19)5-11(17)8-6-16-10-3-2-4-12(18)14(8)10/h2-4,6,9,11,13,16,18-19H,5,7H2,1H3,(H,20,21). The molecule has 21 heavy (non-hydrogen) atoms.